The largest absolute Gasteiger partial charge is 0.272 e. The Labute approximate surface area is 97.5 Å². The molecule has 0 aromatic carbocycles. The molecule has 2 aliphatic carbocycles. The lowest BCUT2D eigenvalue weighted by atomic mass is 9.63. The maximum atomic E-state index is 11.6. The predicted molar refractivity (Wildman–Crippen MR) is 59.0 cm³/mol. The molecule has 0 aromatic rings. The quantitative estimate of drug-likeness (QED) is 0.596. The zero-order valence-corrected chi connectivity index (χ0v) is 9.14. The van der Waals surface area contributed by atoms with Gasteiger partial charge in [-0.25, -0.2) is 10.9 Å². The average Bonchev–Trinajstić information content (AvgIpc) is 2.86. The van der Waals surface area contributed by atoms with Crippen LogP contribution in [0.3, 0.4) is 0 Å². The van der Waals surface area contributed by atoms with E-state index >= 15 is 0 Å². The summed E-state index contributed by atoms with van der Waals surface area (Å²) in [5.74, 6) is 0.379. The average molecular weight is 232 g/mol. The molecule has 88 valence electrons. The van der Waals surface area contributed by atoms with Crippen molar-refractivity contribution < 1.29 is 9.59 Å². The molecule has 2 fully saturated rings. The molecule has 0 aromatic heterocycles. The van der Waals surface area contributed by atoms with Gasteiger partial charge in [-0.2, -0.15) is 10.2 Å². The highest BCUT2D eigenvalue weighted by Gasteiger charge is 2.51. The van der Waals surface area contributed by atoms with Crippen molar-refractivity contribution in [2.24, 2.45) is 33.9 Å². The van der Waals surface area contributed by atoms with Crippen molar-refractivity contribution in [1.82, 2.24) is 10.9 Å². The van der Waals surface area contributed by atoms with Gasteiger partial charge in [-0.15, -0.1) is 0 Å². The molecule has 2 N–H and O–H groups in total. The number of carbonyl (C=O) groups is 2. The first-order valence-corrected chi connectivity index (χ1v) is 5.98. The summed E-state index contributed by atoms with van der Waals surface area (Å²) in [5.41, 5.74) is 7.05. The number of hydrogen-bond donors (Lipinski definition) is 2. The monoisotopic (exact) mass is 232 g/mol. The van der Waals surface area contributed by atoms with Crippen LogP contribution in [0.25, 0.3) is 0 Å². The Kier molecular flexibility index (Phi) is 1.61. The van der Waals surface area contributed by atoms with Crippen LogP contribution in [0, 0.1) is 23.7 Å². The molecule has 17 heavy (non-hydrogen) atoms. The van der Waals surface area contributed by atoms with Crippen molar-refractivity contribution in [1.29, 1.82) is 0 Å². The molecule has 0 spiro atoms. The second-order valence-corrected chi connectivity index (χ2v) is 5.23. The molecule has 0 radical (unpaired) electrons. The SMILES string of the molecule is O=C1NN=C2C3CC(CC12)C1=NNC(=O)C1C3. The molecule has 4 atom stereocenters. The molecule has 2 heterocycles. The van der Waals surface area contributed by atoms with E-state index in [1.807, 2.05) is 0 Å². The van der Waals surface area contributed by atoms with Crippen LogP contribution in [0.1, 0.15) is 19.3 Å². The first-order chi connectivity index (χ1) is 8.24. The van der Waals surface area contributed by atoms with Gasteiger partial charge in [-0.1, -0.05) is 0 Å². The third kappa shape index (κ3) is 1.10. The number of amides is 2. The van der Waals surface area contributed by atoms with Crippen LogP contribution in [-0.4, -0.2) is 23.2 Å². The van der Waals surface area contributed by atoms with Gasteiger partial charge in [0.1, 0.15) is 0 Å². The van der Waals surface area contributed by atoms with Gasteiger partial charge < -0.3 is 0 Å². The summed E-state index contributed by atoms with van der Waals surface area (Å²) in [7, 11) is 0. The minimum atomic E-state index is -0.0851. The van der Waals surface area contributed by atoms with Gasteiger partial charge in [0.2, 0.25) is 11.8 Å². The van der Waals surface area contributed by atoms with E-state index in [-0.39, 0.29) is 35.5 Å². The molecule has 6 nitrogen and oxygen atoms in total. The molecule has 4 aliphatic rings. The summed E-state index contributed by atoms with van der Waals surface area (Å²) in [6.07, 6.45) is 2.49. The van der Waals surface area contributed by atoms with E-state index in [1.54, 1.807) is 0 Å². The first kappa shape index (κ1) is 9.32. The number of nitrogens with one attached hydrogen (secondary N) is 2. The summed E-state index contributed by atoms with van der Waals surface area (Å²) in [4.78, 5) is 23.3. The molecular formula is C11H12N4O2. The van der Waals surface area contributed by atoms with Crippen molar-refractivity contribution in [2.45, 2.75) is 19.3 Å². The maximum Gasteiger partial charge on any atom is 0.248 e. The van der Waals surface area contributed by atoms with Gasteiger partial charge in [0.05, 0.1) is 23.3 Å². The van der Waals surface area contributed by atoms with E-state index < -0.39 is 0 Å². The minimum Gasteiger partial charge on any atom is -0.272 e. The first-order valence-electron chi connectivity index (χ1n) is 5.98. The van der Waals surface area contributed by atoms with Crippen LogP contribution in [-0.2, 0) is 9.59 Å². The van der Waals surface area contributed by atoms with Crippen molar-refractivity contribution >= 4 is 23.2 Å². The second-order valence-electron chi connectivity index (χ2n) is 5.23. The fourth-order valence-corrected chi connectivity index (χ4v) is 3.61. The number of hydrazone groups is 2. The molecule has 4 unspecified atom stereocenters. The van der Waals surface area contributed by atoms with E-state index in [4.69, 9.17) is 0 Å². The van der Waals surface area contributed by atoms with Crippen molar-refractivity contribution in [3.63, 3.8) is 0 Å². The fraction of sp³-hybridized carbons (Fsp3) is 0.636. The minimum absolute atomic E-state index is 0.00559. The summed E-state index contributed by atoms with van der Waals surface area (Å²) in [6.45, 7) is 0. The normalized spacial score (nSPS) is 42.1. The van der Waals surface area contributed by atoms with Crippen LogP contribution in [0.5, 0.6) is 0 Å². The van der Waals surface area contributed by atoms with Crippen LogP contribution in [0.4, 0.5) is 0 Å². The van der Waals surface area contributed by atoms with Crippen molar-refractivity contribution in [2.75, 3.05) is 0 Å². The van der Waals surface area contributed by atoms with Gasteiger partial charge in [-0.05, 0) is 19.3 Å². The Bertz CT molecular complexity index is 452. The molecule has 0 saturated heterocycles. The number of hydrogen-bond acceptors (Lipinski definition) is 4. The number of fused-ring (bicyclic) bond motifs is 6. The smallest absolute Gasteiger partial charge is 0.248 e. The number of nitrogens with zero attached hydrogens (tertiary/aromatic N) is 2. The highest BCUT2D eigenvalue weighted by atomic mass is 16.2. The molecule has 2 saturated carbocycles. The second kappa shape index (κ2) is 2.94. The van der Waals surface area contributed by atoms with Crippen LogP contribution in [0.15, 0.2) is 10.2 Å². The van der Waals surface area contributed by atoms with Crippen LogP contribution in [0.2, 0.25) is 0 Å². The van der Waals surface area contributed by atoms with Gasteiger partial charge in [-0.3, -0.25) is 9.59 Å². The standard InChI is InChI=1S/C11H12N4O2/c16-10-6-2-4-1-5(9(6)13-14-10)3-7-8(4)12-15-11(7)17/h4-7H,1-3H2,(H,14,16)(H,15,17). The van der Waals surface area contributed by atoms with E-state index in [2.05, 4.69) is 21.1 Å². The summed E-state index contributed by atoms with van der Waals surface area (Å²) in [5, 5.41) is 8.29. The molecule has 2 aliphatic heterocycles. The number of rotatable bonds is 0. The lowest BCUT2D eigenvalue weighted by Gasteiger charge is -2.38. The van der Waals surface area contributed by atoms with E-state index in [1.165, 1.54) is 0 Å². The molecule has 2 amide bonds. The number of carbonyl (C=O) groups excluding carboxylic acids is 2. The maximum absolute atomic E-state index is 11.6. The third-order valence-corrected chi connectivity index (χ3v) is 4.38. The summed E-state index contributed by atoms with van der Waals surface area (Å²) >= 11 is 0. The van der Waals surface area contributed by atoms with Crippen LogP contribution >= 0.6 is 0 Å². The van der Waals surface area contributed by atoms with E-state index in [9.17, 15) is 9.59 Å². The highest BCUT2D eigenvalue weighted by Crippen LogP contribution is 2.44. The Balaban J connectivity index is 1.73. The summed E-state index contributed by atoms with van der Waals surface area (Å²) < 4.78 is 0. The van der Waals surface area contributed by atoms with E-state index in [0.29, 0.717) is 0 Å². The highest BCUT2D eigenvalue weighted by molar-refractivity contribution is 6.15. The Hall–Kier alpha value is -1.72. The Morgan fingerprint density at radius 2 is 1.29 bits per heavy atom. The lowest BCUT2D eigenvalue weighted by molar-refractivity contribution is -0.122. The lowest BCUT2D eigenvalue weighted by Crippen LogP contribution is -2.45. The zero-order chi connectivity index (χ0) is 11.6. The van der Waals surface area contributed by atoms with Gasteiger partial charge in [0.25, 0.3) is 0 Å². The zero-order valence-electron chi connectivity index (χ0n) is 9.14. The molecule has 4 rings (SSSR count). The fourth-order valence-electron chi connectivity index (χ4n) is 3.61. The molecule has 2 bridgehead atoms. The third-order valence-electron chi connectivity index (χ3n) is 4.38. The van der Waals surface area contributed by atoms with Gasteiger partial charge in [0, 0.05) is 11.8 Å². The molecular weight excluding hydrogens is 220 g/mol. The van der Waals surface area contributed by atoms with Crippen molar-refractivity contribution in [3.8, 4) is 0 Å². The van der Waals surface area contributed by atoms with Crippen molar-refractivity contribution in [3.05, 3.63) is 0 Å². The topological polar surface area (TPSA) is 82.9 Å². The Morgan fingerprint density at radius 1 is 0.824 bits per heavy atom. The van der Waals surface area contributed by atoms with Crippen LogP contribution < -0.4 is 10.9 Å². The summed E-state index contributed by atoms with van der Waals surface area (Å²) in [6, 6.07) is 0. The molecule has 6 heteroatoms. The van der Waals surface area contributed by atoms with Gasteiger partial charge in [0.15, 0.2) is 0 Å². The Morgan fingerprint density at radius 3 is 1.76 bits per heavy atom. The predicted octanol–water partition coefficient (Wildman–Crippen LogP) is -0.380. The van der Waals surface area contributed by atoms with Gasteiger partial charge >= 0.3 is 0 Å². The van der Waals surface area contributed by atoms with E-state index in [0.717, 1.165) is 30.7 Å².